The van der Waals surface area contributed by atoms with Crippen LogP contribution in [-0.4, -0.2) is 24.0 Å². The van der Waals surface area contributed by atoms with Crippen molar-refractivity contribution in [1.29, 1.82) is 0 Å². The maximum Gasteiger partial charge on any atom is 0.150 e. The summed E-state index contributed by atoms with van der Waals surface area (Å²) in [5, 5.41) is 12.3. The smallest absolute Gasteiger partial charge is 0.150 e. The van der Waals surface area contributed by atoms with Gasteiger partial charge in [0, 0.05) is 6.04 Å². The Hall–Kier alpha value is -1.06. The fourth-order valence-electron chi connectivity index (χ4n) is 1.73. The maximum absolute atomic E-state index is 9.04. The lowest BCUT2D eigenvalue weighted by molar-refractivity contribution is 0.125. The molecule has 2 atom stereocenters. The van der Waals surface area contributed by atoms with E-state index in [2.05, 4.69) is 12.2 Å². The van der Waals surface area contributed by atoms with E-state index < -0.39 is 0 Å². The van der Waals surface area contributed by atoms with Gasteiger partial charge in [-0.3, -0.25) is 5.32 Å². The summed E-state index contributed by atoms with van der Waals surface area (Å²) in [6.45, 7) is 8.22. The molecule has 1 rings (SSSR count). The van der Waals surface area contributed by atoms with Crippen molar-refractivity contribution in [1.82, 2.24) is 5.32 Å². The van der Waals surface area contributed by atoms with Crippen molar-refractivity contribution in [3.05, 3.63) is 29.3 Å². The normalized spacial score (nSPS) is 14.4. The average Bonchev–Trinajstić information content (AvgIpc) is 2.32. The molecule has 3 nitrogen and oxygen atoms in total. The Bertz CT molecular complexity index is 332. The zero-order chi connectivity index (χ0) is 12.8. The molecular formula is C14H23NO2. The molecule has 17 heavy (non-hydrogen) atoms. The summed E-state index contributed by atoms with van der Waals surface area (Å²) in [7, 11) is 0. The number of nitrogens with one attached hydrogen (secondary N) is 1. The SMILES string of the molecule is CCC(NC(C)CO)Oc1c(C)cccc1C. The molecular weight excluding hydrogens is 214 g/mol. The van der Waals surface area contributed by atoms with Crippen molar-refractivity contribution in [3.63, 3.8) is 0 Å². The van der Waals surface area contributed by atoms with E-state index in [1.807, 2.05) is 39.0 Å². The van der Waals surface area contributed by atoms with Crippen LogP contribution in [0.5, 0.6) is 5.75 Å². The molecule has 0 heterocycles. The summed E-state index contributed by atoms with van der Waals surface area (Å²) in [4.78, 5) is 0. The Morgan fingerprint density at radius 1 is 1.29 bits per heavy atom. The van der Waals surface area contributed by atoms with Gasteiger partial charge in [-0.1, -0.05) is 25.1 Å². The van der Waals surface area contributed by atoms with E-state index in [-0.39, 0.29) is 18.9 Å². The number of hydrogen-bond acceptors (Lipinski definition) is 3. The standard InChI is InChI=1S/C14H23NO2/c1-5-13(15-12(4)9-16)17-14-10(2)7-6-8-11(14)3/h6-8,12-13,15-16H,5,9H2,1-4H3. The Kier molecular flexibility index (Phi) is 5.45. The first kappa shape index (κ1) is 14.0. The van der Waals surface area contributed by atoms with Crippen molar-refractivity contribution >= 4 is 0 Å². The van der Waals surface area contributed by atoms with Crippen molar-refractivity contribution < 1.29 is 9.84 Å². The molecule has 96 valence electrons. The number of aliphatic hydroxyl groups is 1. The minimum atomic E-state index is -0.0584. The van der Waals surface area contributed by atoms with Gasteiger partial charge < -0.3 is 9.84 Å². The van der Waals surface area contributed by atoms with Gasteiger partial charge >= 0.3 is 0 Å². The third-order valence-corrected chi connectivity index (χ3v) is 2.78. The van der Waals surface area contributed by atoms with Crippen LogP contribution in [0.3, 0.4) is 0 Å². The lowest BCUT2D eigenvalue weighted by Crippen LogP contribution is -2.42. The molecule has 0 aliphatic rings. The number of hydrogen-bond donors (Lipinski definition) is 2. The van der Waals surface area contributed by atoms with Crippen LogP contribution in [0.15, 0.2) is 18.2 Å². The quantitative estimate of drug-likeness (QED) is 0.746. The summed E-state index contributed by atoms with van der Waals surface area (Å²) in [6.07, 6.45) is 0.801. The second kappa shape index (κ2) is 6.62. The zero-order valence-electron chi connectivity index (χ0n) is 11.2. The molecule has 0 amide bonds. The van der Waals surface area contributed by atoms with Gasteiger partial charge in [0.25, 0.3) is 0 Å². The van der Waals surface area contributed by atoms with Gasteiger partial charge in [0.05, 0.1) is 6.61 Å². The highest BCUT2D eigenvalue weighted by molar-refractivity contribution is 5.39. The number of aliphatic hydroxyl groups excluding tert-OH is 1. The van der Waals surface area contributed by atoms with E-state index in [4.69, 9.17) is 9.84 Å². The largest absolute Gasteiger partial charge is 0.475 e. The summed E-state index contributed by atoms with van der Waals surface area (Å²) in [5.41, 5.74) is 2.28. The zero-order valence-corrected chi connectivity index (χ0v) is 11.2. The molecule has 3 heteroatoms. The van der Waals surface area contributed by atoms with E-state index in [1.54, 1.807) is 0 Å². The molecule has 2 N–H and O–H groups in total. The van der Waals surface area contributed by atoms with Gasteiger partial charge in [0.15, 0.2) is 0 Å². The molecule has 0 spiro atoms. The number of benzene rings is 1. The van der Waals surface area contributed by atoms with Crippen LogP contribution in [0.2, 0.25) is 0 Å². The monoisotopic (exact) mass is 237 g/mol. The van der Waals surface area contributed by atoms with Gasteiger partial charge in [0.1, 0.15) is 12.0 Å². The Labute approximate surface area is 104 Å². The van der Waals surface area contributed by atoms with Crippen LogP contribution >= 0.6 is 0 Å². The minimum Gasteiger partial charge on any atom is -0.475 e. The van der Waals surface area contributed by atoms with Crippen LogP contribution in [0.1, 0.15) is 31.4 Å². The summed E-state index contributed by atoms with van der Waals surface area (Å²) in [6, 6.07) is 6.17. The predicted octanol–water partition coefficient (Wildman–Crippen LogP) is 2.39. The molecule has 0 radical (unpaired) electrons. The Morgan fingerprint density at radius 2 is 1.88 bits per heavy atom. The number of rotatable bonds is 6. The van der Waals surface area contributed by atoms with Gasteiger partial charge in [0.2, 0.25) is 0 Å². The van der Waals surface area contributed by atoms with Crippen molar-refractivity contribution in [2.24, 2.45) is 0 Å². The van der Waals surface area contributed by atoms with E-state index >= 15 is 0 Å². The Balaban J connectivity index is 2.73. The molecule has 0 aromatic heterocycles. The molecule has 0 aliphatic carbocycles. The number of para-hydroxylation sites is 1. The molecule has 0 saturated carbocycles. The lowest BCUT2D eigenvalue weighted by Gasteiger charge is -2.24. The second-order valence-electron chi connectivity index (χ2n) is 4.49. The van der Waals surface area contributed by atoms with Crippen molar-refractivity contribution in [3.8, 4) is 5.75 Å². The molecule has 0 aliphatic heterocycles. The van der Waals surface area contributed by atoms with Crippen LogP contribution in [0.4, 0.5) is 0 Å². The molecule has 2 unspecified atom stereocenters. The predicted molar refractivity (Wildman–Crippen MR) is 70.3 cm³/mol. The average molecular weight is 237 g/mol. The topological polar surface area (TPSA) is 41.5 Å². The molecule has 1 aromatic rings. The highest BCUT2D eigenvalue weighted by Gasteiger charge is 2.13. The number of aryl methyl sites for hydroxylation is 2. The highest BCUT2D eigenvalue weighted by Crippen LogP contribution is 2.23. The molecule has 0 saturated heterocycles. The van der Waals surface area contributed by atoms with E-state index in [1.165, 1.54) is 0 Å². The lowest BCUT2D eigenvalue weighted by atomic mass is 10.1. The van der Waals surface area contributed by atoms with Crippen molar-refractivity contribution in [2.75, 3.05) is 6.61 Å². The summed E-state index contributed by atoms with van der Waals surface area (Å²) >= 11 is 0. The van der Waals surface area contributed by atoms with E-state index in [0.29, 0.717) is 0 Å². The fraction of sp³-hybridized carbons (Fsp3) is 0.571. The Morgan fingerprint density at radius 3 is 2.35 bits per heavy atom. The first-order valence-corrected chi connectivity index (χ1v) is 6.18. The van der Waals surface area contributed by atoms with E-state index in [0.717, 1.165) is 23.3 Å². The summed E-state index contributed by atoms with van der Waals surface area (Å²) in [5.74, 6) is 0.942. The molecule has 1 aromatic carbocycles. The first-order chi connectivity index (χ1) is 8.08. The fourth-order valence-corrected chi connectivity index (χ4v) is 1.73. The highest BCUT2D eigenvalue weighted by atomic mass is 16.5. The van der Waals surface area contributed by atoms with Crippen LogP contribution < -0.4 is 10.1 Å². The van der Waals surface area contributed by atoms with E-state index in [9.17, 15) is 0 Å². The second-order valence-corrected chi connectivity index (χ2v) is 4.49. The third kappa shape index (κ3) is 4.02. The third-order valence-electron chi connectivity index (χ3n) is 2.78. The van der Waals surface area contributed by atoms with Gasteiger partial charge in [-0.25, -0.2) is 0 Å². The molecule has 0 fully saturated rings. The number of ether oxygens (including phenoxy) is 1. The maximum atomic E-state index is 9.04. The first-order valence-electron chi connectivity index (χ1n) is 6.18. The van der Waals surface area contributed by atoms with Crippen LogP contribution in [0.25, 0.3) is 0 Å². The molecule has 0 bridgehead atoms. The van der Waals surface area contributed by atoms with Gasteiger partial charge in [-0.05, 0) is 38.3 Å². The van der Waals surface area contributed by atoms with Crippen molar-refractivity contribution in [2.45, 2.75) is 46.4 Å². The van der Waals surface area contributed by atoms with Gasteiger partial charge in [-0.2, -0.15) is 0 Å². The summed E-state index contributed by atoms with van der Waals surface area (Å²) < 4.78 is 5.98. The van der Waals surface area contributed by atoms with Gasteiger partial charge in [-0.15, -0.1) is 0 Å². The van der Waals surface area contributed by atoms with Crippen LogP contribution in [0, 0.1) is 13.8 Å². The van der Waals surface area contributed by atoms with Crippen LogP contribution in [-0.2, 0) is 0 Å². The minimum absolute atomic E-state index is 0.0456.